The van der Waals surface area contributed by atoms with E-state index in [9.17, 15) is 0 Å². The molecule has 1 unspecified atom stereocenters. The molecule has 2 rings (SSSR count). The van der Waals surface area contributed by atoms with E-state index in [-0.39, 0.29) is 6.04 Å². The molecule has 1 aromatic heterocycles. The van der Waals surface area contributed by atoms with Crippen LogP contribution in [0.25, 0.3) is 0 Å². The number of nitrogens with two attached hydrogens (primary N) is 1. The molecular formula is C11H18N2S2. The molecule has 0 aromatic carbocycles. The lowest BCUT2D eigenvalue weighted by Gasteiger charge is -2.13. The summed E-state index contributed by atoms with van der Waals surface area (Å²) in [7, 11) is 0. The summed E-state index contributed by atoms with van der Waals surface area (Å²) in [6.07, 6.45) is 8.43. The summed E-state index contributed by atoms with van der Waals surface area (Å²) in [4.78, 5) is 4.27. The maximum atomic E-state index is 6.09. The molecule has 0 spiro atoms. The smallest absolute Gasteiger partial charge is 0.0940 e. The Bertz CT molecular complexity index is 268. The van der Waals surface area contributed by atoms with Gasteiger partial charge >= 0.3 is 0 Å². The van der Waals surface area contributed by atoms with Gasteiger partial charge in [0.2, 0.25) is 0 Å². The average Bonchev–Trinajstić information content (AvgIpc) is 2.86. The van der Waals surface area contributed by atoms with Crippen molar-refractivity contribution in [2.75, 3.05) is 5.75 Å². The predicted molar refractivity (Wildman–Crippen MR) is 68.5 cm³/mol. The zero-order valence-corrected chi connectivity index (χ0v) is 10.5. The molecule has 0 bridgehead atoms. The average molecular weight is 242 g/mol. The van der Waals surface area contributed by atoms with Crippen LogP contribution in [0.1, 0.15) is 30.7 Å². The normalized spacial score (nSPS) is 19.5. The maximum Gasteiger partial charge on any atom is 0.0940 e. The highest BCUT2D eigenvalue weighted by Crippen LogP contribution is 2.29. The minimum atomic E-state index is 0.279. The van der Waals surface area contributed by atoms with Gasteiger partial charge in [-0.15, -0.1) is 11.3 Å². The fraction of sp³-hybridized carbons (Fsp3) is 0.727. The van der Waals surface area contributed by atoms with Crippen molar-refractivity contribution >= 4 is 23.1 Å². The molecule has 84 valence electrons. The van der Waals surface area contributed by atoms with Crippen LogP contribution in [0.2, 0.25) is 0 Å². The van der Waals surface area contributed by atoms with E-state index in [2.05, 4.69) is 16.7 Å². The first-order valence-electron chi connectivity index (χ1n) is 5.60. The molecule has 0 radical (unpaired) electrons. The second kappa shape index (κ2) is 5.87. The molecule has 1 fully saturated rings. The van der Waals surface area contributed by atoms with Crippen LogP contribution in [0.15, 0.2) is 11.6 Å². The summed E-state index contributed by atoms with van der Waals surface area (Å²) in [6.45, 7) is 0. The SMILES string of the molecule is NC(CSC1CCCC1)Cc1nccs1. The standard InChI is InChI=1S/C11H18N2S2/c12-9(7-11-13-5-6-14-11)8-15-10-3-1-2-4-10/h5-6,9-10H,1-4,7-8,12H2. The maximum absolute atomic E-state index is 6.09. The van der Waals surface area contributed by atoms with Crippen LogP contribution in [0.5, 0.6) is 0 Å². The Morgan fingerprint density at radius 1 is 1.53 bits per heavy atom. The van der Waals surface area contributed by atoms with Gasteiger partial charge in [-0.3, -0.25) is 0 Å². The number of aromatic nitrogens is 1. The van der Waals surface area contributed by atoms with Crippen LogP contribution in [0, 0.1) is 0 Å². The molecule has 2 N–H and O–H groups in total. The molecule has 1 heterocycles. The number of rotatable bonds is 5. The van der Waals surface area contributed by atoms with E-state index in [4.69, 9.17) is 5.73 Å². The van der Waals surface area contributed by atoms with E-state index >= 15 is 0 Å². The molecule has 1 aromatic rings. The molecule has 15 heavy (non-hydrogen) atoms. The van der Waals surface area contributed by atoms with Crippen molar-refractivity contribution in [1.29, 1.82) is 0 Å². The van der Waals surface area contributed by atoms with Crippen molar-refractivity contribution in [3.63, 3.8) is 0 Å². The Hall–Kier alpha value is -0.0600. The monoisotopic (exact) mass is 242 g/mol. The van der Waals surface area contributed by atoms with E-state index in [1.54, 1.807) is 11.3 Å². The van der Waals surface area contributed by atoms with Gasteiger partial charge in [0.15, 0.2) is 0 Å². The van der Waals surface area contributed by atoms with Crippen LogP contribution in [0.3, 0.4) is 0 Å². The summed E-state index contributed by atoms with van der Waals surface area (Å²) in [5.41, 5.74) is 6.09. The van der Waals surface area contributed by atoms with Gasteiger partial charge in [0.05, 0.1) is 5.01 Å². The molecule has 0 amide bonds. The fourth-order valence-electron chi connectivity index (χ4n) is 1.95. The van der Waals surface area contributed by atoms with Gasteiger partial charge in [-0.1, -0.05) is 12.8 Å². The van der Waals surface area contributed by atoms with E-state index in [1.807, 2.05) is 11.6 Å². The second-order valence-electron chi connectivity index (χ2n) is 4.13. The van der Waals surface area contributed by atoms with E-state index < -0.39 is 0 Å². The van der Waals surface area contributed by atoms with Crippen LogP contribution in [-0.4, -0.2) is 22.0 Å². The van der Waals surface area contributed by atoms with Crippen LogP contribution in [-0.2, 0) is 6.42 Å². The molecule has 1 aliphatic carbocycles. The number of nitrogens with zero attached hydrogens (tertiary/aromatic N) is 1. The first kappa shape index (κ1) is 11.4. The Morgan fingerprint density at radius 3 is 3.00 bits per heavy atom. The topological polar surface area (TPSA) is 38.9 Å². The summed E-state index contributed by atoms with van der Waals surface area (Å²) in [5.74, 6) is 1.09. The van der Waals surface area contributed by atoms with Gasteiger partial charge < -0.3 is 5.73 Å². The van der Waals surface area contributed by atoms with Gasteiger partial charge in [-0.05, 0) is 12.8 Å². The van der Waals surface area contributed by atoms with Gasteiger partial charge in [-0.25, -0.2) is 4.98 Å². The van der Waals surface area contributed by atoms with Crippen LogP contribution >= 0.6 is 23.1 Å². The Kier molecular flexibility index (Phi) is 4.47. The fourth-order valence-corrected chi connectivity index (χ4v) is 3.97. The van der Waals surface area contributed by atoms with Crippen LogP contribution < -0.4 is 5.73 Å². The van der Waals surface area contributed by atoms with Crippen molar-refractivity contribution < 1.29 is 0 Å². The zero-order chi connectivity index (χ0) is 10.5. The van der Waals surface area contributed by atoms with Crippen molar-refractivity contribution in [3.05, 3.63) is 16.6 Å². The highest BCUT2D eigenvalue weighted by Gasteiger charge is 2.16. The minimum absolute atomic E-state index is 0.279. The summed E-state index contributed by atoms with van der Waals surface area (Å²) < 4.78 is 0. The lowest BCUT2D eigenvalue weighted by Crippen LogP contribution is -2.26. The Labute approximate surface area is 99.7 Å². The van der Waals surface area contributed by atoms with Gasteiger partial charge in [0.1, 0.15) is 0 Å². The van der Waals surface area contributed by atoms with Crippen molar-refractivity contribution in [3.8, 4) is 0 Å². The number of hydrogen-bond donors (Lipinski definition) is 1. The molecule has 1 aliphatic rings. The van der Waals surface area contributed by atoms with Gasteiger partial charge in [0.25, 0.3) is 0 Å². The summed E-state index contributed by atoms with van der Waals surface area (Å²) >= 11 is 3.77. The van der Waals surface area contributed by atoms with Crippen molar-refractivity contribution in [2.24, 2.45) is 5.73 Å². The van der Waals surface area contributed by atoms with Crippen molar-refractivity contribution in [2.45, 2.75) is 43.4 Å². The third-order valence-electron chi connectivity index (χ3n) is 2.77. The minimum Gasteiger partial charge on any atom is -0.327 e. The molecule has 2 nitrogen and oxygen atoms in total. The predicted octanol–water partition coefficient (Wildman–Crippen LogP) is 2.69. The summed E-state index contributed by atoms with van der Waals surface area (Å²) in [5, 5.41) is 4.08. The van der Waals surface area contributed by atoms with Gasteiger partial charge in [-0.2, -0.15) is 11.8 Å². The Morgan fingerprint density at radius 2 is 2.33 bits per heavy atom. The zero-order valence-electron chi connectivity index (χ0n) is 8.89. The summed E-state index contributed by atoms with van der Waals surface area (Å²) in [6, 6.07) is 0.279. The van der Waals surface area contributed by atoms with E-state index in [0.717, 1.165) is 17.4 Å². The second-order valence-corrected chi connectivity index (χ2v) is 6.44. The highest BCUT2D eigenvalue weighted by atomic mass is 32.2. The molecule has 4 heteroatoms. The van der Waals surface area contributed by atoms with Crippen LogP contribution in [0.4, 0.5) is 0 Å². The quantitative estimate of drug-likeness (QED) is 0.863. The molecule has 1 saturated carbocycles. The molecule has 0 aliphatic heterocycles. The number of hydrogen-bond acceptors (Lipinski definition) is 4. The molecule has 0 saturated heterocycles. The largest absolute Gasteiger partial charge is 0.327 e. The first-order chi connectivity index (χ1) is 7.34. The van der Waals surface area contributed by atoms with E-state index in [0.29, 0.717) is 0 Å². The molecular weight excluding hydrogens is 224 g/mol. The third-order valence-corrected chi connectivity index (χ3v) is 5.13. The van der Waals surface area contributed by atoms with Crippen molar-refractivity contribution in [1.82, 2.24) is 4.98 Å². The lowest BCUT2D eigenvalue weighted by molar-refractivity contribution is 0.740. The highest BCUT2D eigenvalue weighted by molar-refractivity contribution is 7.99. The lowest BCUT2D eigenvalue weighted by atomic mass is 10.3. The first-order valence-corrected chi connectivity index (χ1v) is 7.53. The number of thiazole rings is 1. The third kappa shape index (κ3) is 3.78. The molecule has 1 atom stereocenters. The Balaban J connectivity index is 1.66. The van der Waals surface area contributed by atoms with Gasteiger partial charge in [0, 0.05) is 35.0 Å². The number of thioether (sulfide) groups is 1. The van der Waals surface area contributed by atoms with E-state index in [1.165, 1.54) is 30.7 Å².